The van der Waals surface area contributed by atoms with E-state index in [1.807, 2.05) is 24.9 Å². The van der Waals surface area contributed by atoms with Gasteiger partial charge in [-0.25, -0.2) is 0 Å². The first-order valence-electron chi connectivity index (χ1n) is 4.21. The van der Waals surface area contributed by atoms with Crippen molar-refractivity contribution in [3.05, 3.63) is 12.2 Å². The van der Waals surface area contributed by atoms with E-state index in [1.54, 1.807) is 0 Å². The molecule has 68 valence electrons. The number of likely N-dealkylation sites (tertiary alicyclic amines) is 1. The first-order chi connectivity index (χ1) is 5.65. The molecule has 0 saturated carbocycles. The highest BCUT2D eigenvalue weighted by Gasteiger charge is 2.32. The van der Waals surface area contributed by atoms with Gasteiger partial charge in [-0.2, -0.15) is 0 Å². The van der Waals surface area contributed by atoms with Crippen LogP contribution in [-0.2, 0) is 4.79 Å². The summed E-state index contributed by atoms with van der Waals surface area (Å²) >= 11 is 0. The van der Waals surface area contributed by atoms with Crippen molar-refractivity contribution in [1.82, 2.24) is 4.90 Å². The van der Waals surface area contributed by atoms with Crippen LogP contribution in [0.1, 0.15) is 13.3 Å². The molecule has 0 aromatic rings. The van der Waals surface area contributed by atoms with Gasteiger partial charge >= 0.3 is 5.97 Å². The molecular weight excluding hydrogens is 154 g/mol. The third-order valence-corrected chi connectivity index (χ3v) is 2.33. The Kier molecular flexibility index (Phi) is 2.87. The Bertz CT molecular complexity index is 201. The molecule has 0 bridgehead atoms. The highest BCUT2D eigenvalue weighted by atomic mass is 16.4. The Morgan fingerprint density at radius 3 is 2.75 bits per heavy atom. The zero-order valence-electron chi connectivity index (χ0n) is 7.53. The summed E-state index contributed by atoms with van der Waals surface area (Å²) in [5.74, 6) is -0.286. The molecule has 2 unspecified atom stereocenters. The lowest BCUT2D eigenvalue weighted by atomic mass is 10.1. The first kappa shape index (κ1) is 9.26. The number of hydrogen-bond donors (Lipinski definition) is 1. The molecule has 1 rings (SSSR count). The molecule has 0 aromatic carbocycles. The van der Waals surface area contributed by atoms with E-state index in [4.69, 9.17) is 5.11 Å². The molecule has 0 aliphatic carbocycles. The molecule has 3 nitrogen and oxygen atoms in total. The second kappa shape index (κ2) is 3.72. The van der Waals surface area contributed by atoms with E-state index in [9.17, 15) is 4.79 Å². The fraction of sp³-hybridized carbons (Fsp3) is 0.667. The fourth-order valence-corrected chi connectivity index (χ4v) is 1.74. The van der Waals surface area contributed by atoms with Crippen LogP contribution in [0.15, 0.2) is 12.2 Å². The number of hydrogen-bond acceptors (Lipinski definition) is 2. The summed E-state index contributed by atoms with van der Waals surface area (Å²) in [6, 6.07) is -0.286. The van der Waals surface area contributed by atoms with Gasteiger partial charge in [0.1, 0.15) is 6.04 Å². The van der Waals surface area contributed by atoms with E-state index in [1.165, 1.54) is 0 Å². The van der Waals surface area contributed by atoms with Gasteiger partial charge in [-0.1, -0.05) is 12.2 Å². The normalized spacial score (nSPS) is 31.5. The monoisotopic (exact) mass is 169 g/mol. The maximum Gasteiger partial charge on any atom is 0.320 e. The summed E-state index contributed by atoms with van der Waals surface area (Å²) in [7, 11) is 1.86. The molecule has 2 atom stereocenters. The third-order valence-electron chi connectivity index (χ3n) is 2.33. The van der Waals surface area contributed by atoms with Gasteiger partial charge < -0.3 is 5.11 Å². The lowest BCUT2D eigenvalue weighted by Crippen LogP contribution is -2.32. The average Bonchev–Trinajstić information content (AvgIpc) is 2.32. The third kappa shape index (κ3) is 1.85. The molecule has 12 heavy (non-hydrogen) atoms. The van der Waals surface area contributed by atoms with E-state index in [-0.39, 0.29) is 6.04 Å². The number of carboxylic acids is 1. The number of aliphatic carboxylic acids is 1. The summed E-state index contributed by atoms with van der Waals surface area (Å²) in [5.41, 5.74) is 0. The predicted octanol–water partition coefficient (Wildman–Crippen LogP) is 0.967. The first-order valence-corrected chi connectivity index (χ1v) is 4.21. The maximum absolute atomic E-state index is 10.7. The SMILES string of the molecule is C/C=C\C1CC(C(=O)O)N(C)C1. The molecule has 0 aromatic heterocycles. The Hall–Kier alpha value is -0.830. The smallest absolute Gasteiger partial charge is 0.320 e. The van der Waals surface area contributed by atoms with Crippen molar-refractivity contribution in [2.45, 2.75) is 19.4 Å². The second-order valence-corrected chi connectivity index (χ2v) is 3.32. The Morgan fingerprint density at radius 2 is 2.33 bits per heavy atom. The van der Waals surface area contributed by atoms with Crippen molar-refractivity contribution >= 4 is 5.97 Å². The van der Waals surface area contributed by atoms with Crippen LogP contribution in [0.3, 0.4) is 0 Å². The summed E-state index contributed by atoms with van der Waals surface area (Å²) in [6.07, 6.45) is 4.82. The maximum atomic E-state index is 10.7. The zero-order valence-corrected chi connectivity index (χ0v) is 7.53. The van der Waals surface area contributed by atoms with E-state index < -0.39 is 5.97 Å². The van der Waals surface area contributed by atoms with Gasteiger partial charge in [-0.05, 0) is 26.3 Å². The van der Waals surface area contributed by atoms with E-state index in [0.29, 0.717) is 5.92 Å². The Morgan fingerprint density at radius 1 is 1.67 bits per heavy atom. The lowest BCUT2D eigenvalue weighted by molar-refractivity contribution is -0.141. The summed E-state index contributed by atoms with van der Waals surface area (Å²) in [5, 5.41) is 8.80. The van der Waals surface area contributed by atoms with Crippen LogP contribution in [0.2, 0.25) is 0 Å². The molecule has 1 N–H and O–H groups in total. The molecule has 1 aliphatic heterocycles. The molecule has 1 heterocycles. The van der Waals surface area contributed by atoms with Crippen LogP contribution in [0.25, 0.3) is 0 Å². The van der Waals surface area contributed by atoms with Crippen LogP contribution in [0, 0.1) is 5.92 Å². The standard InChI is InChI=1S/C9H15NO2/c1-3-4-7-5-8(9(11)12)10(2)6-7/h3-4,7-8H,5-6H2,1-2H3,(H,11,12)/b4-3-. The zero-order chi connectivity index (χ0) is 9.14. The fourth-order valence-electron chi connectivity index (χ4n) is 1.74. The minimum atomic E-state index is -0.704. The van der Waals surface area contributed by atoms with Crippen molar-refractivity contribution in [1.29, 1.82) is 0 Å². The highest BCUT2D eigenvalue weighted by Crippen LogP contribution is 2.22. The minimum absolute atomic E-state index is 0.286. The average molecular weight is 169 g/mol. The predicted molar refractivity (Wildman–Crippen MR) is 47.0 cm³/mol. The number of rotatable bonds is 2. The molecule has 0 amide bonds. The van der Waals surface area contributed by atoms with Gasteiger partial charge in [-0.3, -0.25) is 9.69 Å². The number of carboxylic acid groups (broad SMARTS) is 1. The molecular formula is C9H15NO2. The number of carbonyl (C=O) groups is 1. The van der Waals surface area contributed by atoms with Gasteiger partial charge in [-0.15, -0.1) is 0 Å². The van der Waals surface area contributed by atoms with Gasteiger partial charge in [0.25, 0.3) is 0 Å². The van der Waals surface area contributed by atoms with Crippen molar-refractivity contribution in [3.63, 3.8) is 0 Å². The van der Waals surface area contributed by atoms with E-state index in [0.717, 1.165) is 13.0 Å². The van der Waals surface area contributed by atoms with Crippen LogP contribution in [0.4, 0.5) is 0 Å². The number of allylic oxidation sites excluding steroid dienone is 1. The van der Waals surface area contributed by atoms with Crippen molar-refractivity contribution in [2.75, 3.05) is 13.6 Å². The summed E-state index contributed by atoms with van der Waals surface area (Å²) in [6.45, 7) is 2.83. The second-order valence-electron chi connectivity index (χ2n) is 3.32. The lowest BCUT2D eigenvalue weighted by Gasteiger charge is -2.13. The van der Waals surface area contributed by atoms with Gasteiger partial charge in [0.15, 0.2) is 0 Å². The highest BCUT2D eigenvalue weighted by molar-refractivity contribution is 5.73. The molecule has 0 radical (unpaired) electrons. The summed E-state index contributed by atoms with van der Waals surface area (Å²) in [4.78, 5) is 12.6. The van der Waals surface area contributed by atoms with Gasteiger partial charge in [0.05, 0.1) is 0 Å². The minimum Gasteiger partial charge on any atom is -0.480 e. The molecule has 0 spiro atoms. The molecule has 1 fully saturated rings. The Balaban J connectivity index is 2.56. The van der Waals surface area contributed by atoms with E-state index in [2.05, 4.69) is 6.08 Å². The Labute approximate surface area is 72.7 Å². The molecule has 1 saturated heterocycles. The van der Waals surface area contributed by atoms with Crippen LogP contribution < -0.4 is 0 Å². The van der Waals surface area contributed by atoms with Crippen molar-refractivity contribution < 1.29 is 9.90 Å². The van der Waals surface area contributed by atoms with Crippen molar-refractivity contribution in [2.24, 2.45) is 5.92 Å². The summed E-state index contributed by atoms with van der Waals surface area (Å²) < 4.78 is 0. The quantitative estimate of drug-likeness (QED) is 0.626. The van der Waals surface area contributed by atoms with Crippen molar-refractivity contribution in [3.8, 4) is 0 Å². The van der Waals surface area contributed by atoms with Crippen LogP contribution in [0.5, 0.6) is 0 Å². The van der Waals surface area contributed by atoms with Crippen LogP contribution >= 0.6 is 0 Å². The van der Waals surface area contributed by atoms with Crippen LogP contribution in [-0.4, -0.2) is 35.6 Å². The molecule has 3 heteroatoms. The molecule has 1 aliphatic rings. The van der Waals surface area contributed by atoms with Gasteiger partial charge in [0, 0.05) is 6.54 Å². The largest absolute Gasteiger partial charge is 0.480 e. The van der Waals surface area contributed by atoms with Gasteiger partial charge in [0.2, 0.25) is 0 Å². The van der Waals surface area contributed by atoms with E-state index >= 15 is 0 Å². The number of nitrogens with zero attached hydrogens (tertiary/aromatic N) is 1. The number of likely N-dealkylation sites (N-methyl/N-ethyl adjacent to an activating group) is 1. The topological polar surface area (TPSA) is 40.5 Å².